The molecule has 0 radical (unpaired) electrons. The first kappa shape index (κ1) is 19.0. The van der Waals surface area contributed by atoms with Crippen LogP contribution in [0.25, 0.3) is 0 Å². The van der Waals surface area contributed by atoms with Crippen molar-refractivity contribution in [2.24, 2.45) is 0 Å². The van der Waals surface area contributed by atoms with Crippen molar-refractivity contribution in [2.75, 3.05) is 33.3 Å². The molecule has 0 aliphatic heterocycles. The Kier molecular flexibility index (Phi) is 7.54. The average Bonchev–Trinajstić information content (AvgIpc) is 2.57. The van der Waals surface area contributed by atoms with Crippen LogP contribution in [0.3, 0.4) is 0 Å². The summed E-state index contributed by atoms with van der Waals surface area (Å²) in [6.45, 7) is 9.11. The van der Waals surface area contributed by atoms with E-state index in [2.05, 4.69) is 18.7 Å². The Morgan fingerprint density at radius 2 is 1.74 bits per heavy atom. The van der Waals surface area contributed by atoms with Gasteiger partial charge in [-0.25, -0.2) is 4.79 Å². The number of hydrogen-bond donors (Lipinski definition) is 1. The molecule has 0 aromatic heterocycles. The number of nitrogens with zero attached hydrogens (tertiary/aromatic N) is 2. The third-order valence-electron chi connectivity index (χ3n) is 3.93. The van der Waals surface area contributed by atoms with Gasteiger partial charge in [-0.05, 0) is 44.3 Å². The summed E-state index contributed by atoms with van der Waals surface area (Å²) in [6, 6.07) is 5.90. The molecule has 1 aromatic carbocycles. The van der Waals surface area contributed by atoms with Crippen LogP contribution in [0.15, 0.2) is 24.3 Å². The molecular weight excluding hydrogens is 296 g/mol. The van der Waals surface area contributed by atoms with E-state index in [0.717, 1.165) is 19.6 Å². The summed E-state index contributed by atoms with van der Waals surface area (Å²) in [6.07, 6.45) is 0. The third kappa shape index (κ3) is 5.56. The molecule has 1 amide bonds. The highest BCUT2D eigenvalue weighted by Crippen LogP contribution is 2.14. The molecule has 6 heteroatoms. The molecule has 0 saturated heterocycles. The van der Waals surface area contributed by atoms with Crippen molar-refractivity contribution in [1.29, 1.82) is 0 Å². The Balaban J connectivity index is 2.59. The van der Waals surface area contributed by atoms with Crippen molar-refractivity contribution in [3.8, 4) is 5.75 Å². The molecular formula is C17H26N2O4. The highest BCUT2D eigenvalue weighted by Gasteiger charge is 2.22. The number of carboxylic acids is 1. The monoisotopic (exact) mass is 322 g/mol. The van der Waals surface area contributed by atoms with E-state index >= 15 is 0 Å². The van der Waals surface area contributed by atoms with Gasteiger partial charge in [0.1, 0.15) is 18.4 Å². The standard InChI is InChI=1S/C17H26N2O4/c1-5-19(6-2)11-12-23-15-9-7-14(8-10-15)16(20)18(4)13(3)17(21)22/h7-10,13H,5-6,11-12H2,1-4H3,(H,21,22). The Morgan fingerprint density at radius 3 is 2.22 bits per heavy atom. The van der Waals surface area contributed by atoms with Crippen molar-refractivity contribution in [3.05, 3.63) is 29.8 Å². The van der Waals surface area contributed by atoms with E-state index in [1.807, 2.05) is 0 Å². The highest BCUT2D eigenvalue weighted by atomic mass is 16.5. The minimum atomic E-state index is -1.03. The molecule has 1 aromatic rings. The lowest BCUT2D eigenvalue weighted by Crippen LogP contribution is -2.40. The molecule has 0 aliphatic rings. The largest absolute Gasteiger partial charge is 0.492 e. The highest BCUT2D eigenvalue weighted by molar-refractivity contribution is 5.96. The van der Waals surface area contributed by atoms with Crippen LogP contribution in [0.5, 0.6) is 5.75 Å². The number of carboxylic acid groups (broad SMARTS) is 1. The van der Waals surface area contributed by atoms with Gasteiger partial charge in [-0.15, -0.1) is 0 Å². The van der Waals surface area contributed by atoms with E-state index in [1.54, 1.807) is 24.3 Å². The Morgan fingerprint density at radius 1 is 1.17 bits per heavy atom. The summed E-state index contributed by atoms with van der Waals surface area (Å²) in [5.41, 5.74) is 0.441. The predicted molar refractivity (Wildman–Crippen MR) is 88.9 cm³/mol. The number of likely N-dealkylation sites (N-methyl/N-ethyl adjacent to an activating group) is 2. The van der Waals surface area contributed by atoms with Gasteiger partial charge in [0, 0.05) is 19.2 Å². The maximum absolute atomic E-state index is 12.2. The maximum atomic E-state index is 12.2. The van der Waals surface area contributed by atoms with E-state index in [-0.39, 0.29) is 5.91 Å². The first-order valence-electron chi connectivity index (χ1n) is 7.85. The number of hydrogen-bond acceptors (Lipinski definition) is 4. The zero-order chi connectivity index (χ0) is 17.4. The van der Waals surface area contributed by atoms with Crippen molar-refractivity contribution < 1.29 is 19.4 Å². The number of carbonyl (C=O) groups excluding carboxylic acids is 1. The second kappa shape index (κ2) is 9.15. The van der Waals surface area contributed by atoms with Crippen molar-refractivity contribution in [1.82, 2.24) is 9.80 Å². The van der Waals surface area contributed by atoms with E-state index in [4.69, 9.17) is 9.84 Å². The molecule has 1 atom stereocenters. The lowest BCUT2D eigenvalue weighted by molar-refractivity contribution is -0.141. The van der Waals surface area contributed by atoms with Gasteiger partial charge in [-0.1, -0.05) is 13.8 Å². The smallest absolute Gasteiger partial charge is 0.326 e. The summed E-state index contributed by atoms with van der Waals surface area (Å²) in [4.78, 5) is 26.6. The number of carbonyl (C=O) groups is 2. The fourth-order valence-corrected chi connectivity index (χ4v) is 2.07. The summed E-state index contributed by atoms with van der Waals surface area (Å²) < 4.78 is 5.66. The van der Waals surface area contributed by atoms with Crippen molar-refractivity contribution >= 4 is 11.9 Å². The van der Waals surface area contributed by atoms with Gasteiger partial charge >= 0.3 is 5.97 Å². The molecule has 0 aliphatic carbocycles. The van der Waals surface area contributed by atoms with E-state index in [0.29, 0.717) is 17.9 Å². The molecule has 1 unspecified atom stereocenters. The van der Waals surface area contributed by atoms with E-state index < -0.39 is 12.0 Å². The van der Waals surface area contributed by atoms with Crippen LogP contribution in [0, 0.1) is 0 Å². The van der Waals surface area contributed by atoms with Crippen molar-refractivity contribution in [2.45, 2.75) is 26.8 Å². The van der Waals surface area contributed by atoms with Crippen LogP contribution in [0.4, 0.5) is 0 Å². The molecule has 0 bridgehead atoms. The van der Waals surface area contributed by atoms with Gasteiger partial charge in [0.25, 0.3) is 5.91 Å². The normalized spacial score (nSPS) is 12.0. The van der Waals surface area contributed by atoms with Crippen LogP contribution >= 0.6 is 0 Å². The van der Waals surface area contributed by atoms with Gasteiger partial charge in [0.15, 0.2) is 0 Å². The van der Waals surface area contributed by atoms with E-state index in [1.165, 1.54) is 18.9 Å². The first-order valence-corrected chi connectivity index (χ1v) is 7.85. The van der Waals surface area contributed by atoms with Gasteiger partial charge < -0.3 is 19.6 Å². The summed E-state index contributed by atoms with van der Waals surface area (Å²) in [7, 11) is 1.48. The zero-order valence-corrected chi connectivity index (χ0v) is 14.3. The molecule has 0 fully saturated rings. The van der Waals surface area contributed by atoms with Crippen molar-refractivity contribution in [3.63, 3.8) is 0 Å². The zero-order valence-electron chi connectivity index (χ0n) is 14.3. The number of benzene rings is 1. The molecule has 0 heterocycles. The topological polar surface area (TPSA) is 70.1 Å². The van der Waals surface area contributed by atoms with Crippen LogP contribution < -0.4 is 4.74 Å². The Labute approximate surface area is 137 Å². The molecule has 0 spiro atoms. The van der Waals surface area contributed by atoms with Gasteiger partial charge in [-0.2, -0.15) is 0 Å². The van der Waals surface area contributed by atoms with Crippen LogP contribution in [-0.4, -0.2) is 66.1 Å². The number of ether oxygens (including phenoxy) is 1. The van der Waals surface area contributed by atoms with Gasteiger partial charge in [-0.3, -0.25) is 4.79 Å². The minimum Gasteiger partial charge on any atom is -0.492 e. The molecule has 0 saturated carbocycles. The molecule has 1 rings (SSSR count). The molecule has 128 valence electrons. The van der Waals surface area contributed by atoms with Crippen LogP contribution in [0.2, 0.25) is 0 Å². The predicted octanol–water partition coefficient (Wildman–Crippen LogP) is 1.95. The third-order valence-corrected chi connectivity index (χ3v) is 3.93. The summed E-state index contributed by atoms with van der Waals surface area (Å²) >= 11 is 0. The number of amides is 1. The lowest BCUT2D eigenvalue weighted by Gasteiger charge is -2.21. The fraction of sp³-hybridized carbons (Fsp3) is 0.529. The van der Waals surface area contributed by atoms with Gasteiger partial charge in [0.05, 0.1) is 0 Å². The number of aliphatic carboxylic acids is 1. The first-order chi connectivity index (χ1) is 10.9. The second-order valence-electron chi connectivity index (χ2n) is 5.33. The average molecular weight is 322 g/mol. The van der Waals surface area contributed by atoms with Gasteiger partial charge in [0.2, 0.25) is 0 Å². The molecule has 23 heavy (non-hydrogen) atoms. The quantitative estimate of drug-likeness (QED) is 0.752. The Hall–Kier alpha value is -2.08. The maximum Gasteiger partial charge on any atom is 0.326 e. The summed E-state index contributed by atoms with van der Waals surface area (Å²) in [5, 5.41) is 8.96. The fourth-order valence-electron chi connectivity index (χ4n) is 2.07. The molecule has 1 N–H and O–H groups in total. The minimum absolute atomic E-state index is 0.324. The van der Waals surface area contributed by atoms with E-state index in [9.17, 15) is 9.59 Å². The van der Waals surface area contributed by atoms with Crippen LogP contribution in [0.1, 0.15) is 31.1 Å². The van der Waals surface area contributed by atoms with Crippen LogP contribution in [-0.2, 0) is 4.79 Å². The summed E-state index contributed by atoms with van der Waals surface area (Å²) in [5.74, 6) is -0.658. The molecule has 6 nitrogen and oxygen atoms in total. The number of rotatable bonds is 9. The Bertz CT molecular complexity index is 512. The lowest BCUT2D eigenvalue weighted by atomic mass is 10.1. The SMILES string of the molecule is CCN(CC)CCOc1ccc(C(=O)N(C)C(C)C(=O)O)cc1. The second-order valence-corrected chi connectivity index (χ2v) is 5.33.